The fraction of sp³-hybridized carbons (Fsp3) is 0. The fourth-order valence-corrected chi connectivity index (χ4v) is 4.86. The van der Waals surface area contributed by atoms with Crippen molar-refractivity contribution in [1.82, 2.24) is 29.9 Å². The predicted molar refractivity (Wildman–Crippen MR) is 156 cm³/mol. The standard InChI is InChI=1S/C30H18Br2N6/c31-19-15-27(21-7-1-3-13-33-21)37-29(17-19)25-11-5-9-23(35-25)24-10-6-12-26(36-24)30-18-20(32)16-28(38-30)22-8-2-4-14-34-22/h1-18H. The summed E-state index contributed by atoms with van der Waals surface area (Å²) in [7, 11) is 0. The van der Waals surface area contributed by atoms with Gasteiger partial charge in [-0.05, 0) is 72.8 Å². The van der Waals surface area contributed by atoms with E-state index in [1.165, 1.54) is 0 Å². The average Bonchev–Trinajstić information content (AvgIpc) is 2.97. The molecule has 6 aromatic heterocycles. The Kier molecular flexibility index (Phi) is 6.81. The summed E-state index contributed by atoms with van der Waals surface area (Å²) in [6.07, 6.45) is 3.52. The van der Waals surface area contributed by atoms with E-state index in [2.05, 4.69) is 41.8 Å². The lowest BCUT2D eigenvalue weighted by atomic mass is 10.1. The first-order valence-electron chi connectivity index (χ1n) is 11.8. The van der Waals surface area contributed by atoms with E-state index in [1.54, 1.807) is 12.4 Å². The molecule has 0 saturated carbocycles. The van der Waals surface area contributed by atoms with Gasteiger partial charge in [-0.15, -0.1) is 0 Å². The normalized spacial score (nSPS) is 10.9. The maximum Gasteiger partial charge on any atom is 0.0905 e. The second-order valence-corrected chi connectivity index (χ2v) is 10.2. The molecule has 0 amide bonds. The highest BCUT2D eigenvalue weighted by Gasteiger charge is 2.12. The van der Waals surface area contributed by atoms with Crippen LogP contribution < -0.4 is 0 Å². The molecule has 0 bridgehead atoms. The van der Waals surface area contributed by atoms with Gasteiger partial charge in [0, 0.05) is 21.3 Å². The number of rotatable bonds is 5. The van der Waals surface area contributed by atoms with E-state index in [9.17, 15) is 0 Å². The second-order valence-electron chi connectivity index (χ2n) is 8.36. The molecule has 0 spiro atoms. The van der Waals surface area contributed by atoms with Crippen molar-refractivity contribution in [1.29, 1.82) is 0 Å². The van der Waals surface area contributed by atoms with Crippen LogP contribution in [0.3, 0.4) is 0 Å². The van der Waals surface area contributed by atoms with Gasteiger partial charge in [-0.25, -0.2) is 19.9 Å². The lowest BCUT2D eigenvalue weighted by Crippen LogP contribution is -1.96. The van der Waals surface area contributed by atoms with Crippen molar-refractivity contribution in [3.63, 3.8) is 0 Å². The van der Waals surface area contributed by atoms with Gasteiger partial charge in [-0.1, -0.05) is 56.1 Å². The van der Waals surface area contributed by atoms with Gasteiger partial charge in [0.1, 0.15) is 0 Å². The van der Waals surface area contributed by atoms with Gasteiger partial charge >= 0.3 is 0 Å². The van der Waals surface area contributed by atoms with E-state index in [1.807, 2.05) is 97.1 Å². The molecule has 0 N–H and O–H groups in total. The summed E-state index contributed by atoms with van der Waals surface area (Å²) in [4.78, 5) is 28.3. The van der Waals surface area contributed by atoms with Crippen molar-refractivity contribution in [2.75, 3.05) is 0 Å². The minimum Gasteiger partial charge on any atom is -0.255 e. The largest absolute Gasteiger partial charge is 0.255 e. The molecule has 8 heteroatoms. The number of pyridine rings is 6. The molecule has 0 aliphatic rings. The van der Waals surface area contributed by atoms with Gasteiger partial charge in [0.25, 0.3) is 0 Å². The van der Waals surface area contributed by atoms with E-state index in [4.69, 9.17) is 19.9 Å². The lowest BCUT2D eigenvalue weighted by molar-refractivity contribution is 1.19. The maximum absolute atomic E-state index is 4.90. The number of nitrogens with zero attached hydrogens (tertiary/aromatic N) is 6. The lowest BCUT2D eigenvalue weighted by Gasteiger charge is -2.09. The fourth-order valence-electron chi connectivity index (χ4n) is 3.99. The van der Waals surface area contributed by atoms with Crippen LogP contribution in [0, 0.1) is 0 Å². The minimum absolute atomic E-state index is 0.741. The smallest absolute Gasteiger partial charge is 0.0905 e. The van der Waals surface area contributed by atoms with Gasteiger partial charge in [0.15, 0.2) is 0 Å². The Balaban J connectivity index is 1.37. The molecule has 0 fully saturated rings. The molecule has 0 saturated heterocycles. The second kappa shape index (κ2) is 10.7. The minimum atomic E-state index is 0.741. The topological polar surface area (TPSA) is 77.3 Å². The zero-order chi connectivity index (χ0) is 25.9. The van der Waals surface area contributed by atoms with Crippen molar-refractivity contribution < 1.29 is 0 Å². The third-order valence-electron chi connectivity index (χ3n) is 5.72. The van der Waals surface area contributed by atoms with Crippen LogP contribution in [-0.2, 0) is 0 Å². The third-order valence-corrected chi connectivity index (χ3v) is 6.64. The Morgan fingerprint density at radius 1 is 0.342 bits per heavy atom. The monoisotopic (exact) mass is 620 g/mol. The molecule has 6 nitrogen and oxygen atoms in total. The molecule has 6 aromatic rings. The van der Waals surface area contributed by atoms with Crippen LogP contribution in [0.4, 0.5) is 0 Å². The highest BCUT2D eigenvalue weighted by Crippen LogP contribution is 2.29. The zero-order valence-corrected chi connectivity index (χ0v) is 23.0. The van der Waals surface area contributed by atoms with Crippen molar-refractivity contribution >= 4 is 31.9 Å². The predicted octanol–water partition coefficient (Wildman–Crippen LogP) is 7.92. The Morgan fingerprint density at radius 2 is 0.658 bits per heavy atom. The van der Waals surface area contributed by atoms with Crippen LogP contribution >= 0.6 is 31.9 Å². The molecular weight excluding hydrogens is 604 g/mol. The van der Waals surface area contributed by atoms with Crippen molar-refractivity contribution in [3.05, 3.63) is 118 Å². The first kappa shape index (κ1) is 24.2. The first-order chi connectivity index (χ1) is 18.6. The van der Waals surface area contributed by atoms with Crippen LogP contribution in [0.25, 0.3) is 56.9 Å². The van der Waals surface area contributed by atoms with Gasteiger partial charge in [-0.2, -0.15) is 0 Å². The Hall–Kier alpha value is -4.14. The summed E-state index contributed by atoms with van der Waals surface area (Å²) in [5.41, 5.74) is 7.59. The van der Waals surface area contributed by atoms with E-state index in [0.717, 1.165) is 65.9 Å². The molecule has 0 aromatic carbocycles. The molecule has 0 unspecified atom stereocenters. The van der Waals surface area contributed by atoms with E-state index < -0.39 is 0 Å². The first-order valence-corrected chi connectivity index (χ1v) is 13.3. The number of halogens is 2. The van der Waals surface area contributed by atoms with Crippen LogP contribution in [0.5, 0.6) is 0 Å². The van der Waals surface area contributed by atoms with Gasteiger partial charge < -0.3 is 0 Å². The summed E-state index contributed by atoms with van der Waals surface area (Å²) in [6.45, 7) is 0. The number of hydrogen-bond acceptors (Lipinski definition) is 6. The van der Waals surface area contributed by atoms with Crippen LogP contribution in [0.2, 0.25) is 0 Å². The Labute approximate surface area is 236 Å². The molecule has 38 heavy (non-hydrogen) atoms. The Bertz CT molecular complexity index is 1610. The van der Waals surface area contributed by atoms with Crippen molar-refractivity contribution in [3.8, 4) is 56.9 Å². The summed E-state index contributed by atoms with van der Waals surface area (Å²) in [6, 6.07) is 31.0. The zero-order valence-electron chi connectivity index (χ0n) is 19.8. The molecule has 0 aliphatic heterocycles. The number of hydrogen-bond donors (Lipinski definition) is 0. The van der Waals surface area contributed by atoms with Gasteiger partial charge in [0.05, 0.1) is 56.9 Å². The quantitative estimate of drug-likeness (QED) is 0.195. The molecular formula is C30H18Br2N6. The Morgan fingerprint density at radius 3 is 1.03 bits per heavy atom. The van der Waals surface area contributed by atoms with Crippen molar-refractivity contribution in [2.45, 2.75) is 0 Å². The van der Waals surface area contributed by atoms with Gasteiger partial charge in [0.2, 0.25) is 0 Å². The summed E-state index contributed by atoms with van der Waals surface area (Å²) < 4.78 is 1.81. The SMILES string of the molecule is Brc1cc(-c2ccccn2)nc(-c2cccc(-c3cccc(-c4cc(Br)cc(-c5ccccn5)n4)n3)n2)c1. The molecule has 0 radical (unpaired) electrons. The van der Waals surface area contributed by atoms with E-state index >= 15 is 0 Å². The van der Waals surface area contributed by atoms with E-state index in [-0.39, 0.29) is 0 Å². The third kappa shape index (κ3) is 5.27. The summed E-state index contributed by atoms with van der Waals surface area (Å²) in [5.74, 6) is 0. The molecule has 0 atom stereocenters. The maximum atomic E-state index is 4.90. The highest BCUT2D eigenvalue weighted by atomic mass is 79.9. The molecule has 182 valence electrons. The van der Waals surface area contributed by atoms with Crippen LogP contribution in [0.1, 0.15) is 0 Å². The molecule has 6 heterocycles. The molecule has 0 aliphatic carbocycles. The average molecular weight is 622 g/mol. The van der Waals surface area contributed by atoms with E-state index in [0.29, 0.717) is 0 Å². The van der Waals surface area contributed by atoms with Crippen molar-refractivity contribution in [2.24, 2.45) is 0 Å². The van der Waals surface area contributed by atoms with Crippen LogP contribution in [0.15, 0.2) is 118 Å². The number of aromatic nitrogens is 6. The highest BCUT2D eigenvalue weighted by molar-refractivity contribution is 9.10. The molecule has 6 rings (SSSR count). The van der Waals surface area contributed by atoms with Crippen LogP contribution in [-0.4, -0.2) is 29.9 Å². The summed E-state index contributed by atoms with van der Waals surface area (Å²) in [5, 5.41) is 0. The van der Waals surface area contributed by atoms with Gasteiger partial charge in [-0.3, -0.25) is 9.97 Å². The summed E-state index contributed by atoms with van der Waals surface area (Å²) >= 11 is 7.22.